The summed E-state index contributed by atoms with van der Waals surface area (Å²) in [7, 11) is 1.67. The average Bonchev–Trinajstić information content (AvgIpc) is 3.04. The van der Waals surface area contributed by atoms with Crippen molar-refractivity contribution in [2.45, 2.75) is 37.9 Å². The molecule has 31 heavy (non-hydrogen) atoms. The molecule has 0 radical (unpaired) electrons. The number of carbonyl (C=O) groups excluding carboxylic acids is 2. The average molecular weight is 415 g/mol. The monoisotopic (exact) mass is 414 g/mol. The van der Waals surface area contributed by atoms with Crippen LogP contribution in [0.25, 0.3) is 10.8 Å². The zero-order valence-corrected chi connectivity index (χ0v) is 17.6. The van der Waals surface area contributed by atoms with E-state index in [0.717, 1.165) is 46.9 Å². The molecule has 2 fully saturated rings. The third-order valence-corrected chi connectivity index (χ3v) is 6.63. The number of nitrogens with zero attached hydrogens (tertiary/aromatic N) is 1. The van der Waals surface area contributed by atoms with E-state index in [1.807, 2.05) is 48.5 Å². The van der Waals surface area contributed by atoms with Crippen LogP contribution in [0.5, 0.6) is 5.75 Å². The number of ether oxygens (including phenoxy) is 1. The first-order chi connectivity index (χ1) is 15.2. The Balaban J connectivity index is 1.34. The number of benzene rings is 3. The minimum absolute atomic E-state index is 0.0498. The van der Waals surface area contributed by atoms with E-state index in [0.29, 0.717) is 6.54 Å². The number of methoxy groups -OCH3 is 1. The van der Waals surface area contributed by atoms with E-state index in [9.17, 15) is 9.59 Å². The zero-order valence-electron chi connectivity index (χ0n) is 17.6. The van der Waals surface area contributed by atoms with Gasteiger partial charge < -0.3 is 10.1 Å². The number of piperidine rings is 1. The number of hydrogen-bond acceptors (Lipinski definition) is 4. The summed E-state index contributed by atoms with van der Waals surface area (Å²) < 4.78 is 5.47. The molecule has 0 aliphatic carbocycles. The van der Waals surface area contributed by atoms with Crippen molar-refractivity contribution < 1.29 is 14.3 Å². The second kappa shape index (κ2) is 8.16. The highest BCUT2D eigenvalue weighted by Gasteiger charge is 2.50. The van der Waals surface area contributed by atoms with E-state index < -0.39 is 6.04 Å². The van der Waals surface area contributed by atoms with Gasteiger partial charge in [-0.15, -0.1) is 0 Å². The molecule has 2 heterocycles. The van der Waals surface area contributed by atoms with Gasteiger partial charge in [0.25, 0.3) is 0 Å². The van der Waals surface area contributed by atoms with Gasteiger partial charge in [-0.05, 0) is 47.2 Å². The van der Waals surface area contributed by atoms with Gasteiger partial charge >= 0.3 is 0 Å². The standard InChI is InChI=1S/C26H26N2O3/c1-31-23-12-5-3-8-18(23)15-20-13-14-22-24(27-20)26(30)28(25(22)29)16-19-10-6-9-17-7-2-4-11-21(17)19/h2-12,20,22,24,27H,13-16H2,1H3. The Kier molecular flexibility index (Phi) is 5.20. The van der Waals surface area contributed by atoms with E-state index in [2.05, 4.69) is 23.5 Å². The van der Waals surface area contributed by atoms with Crippen molar-refractivity contribution in [2.24, 2.45) is 5.92 Å². The van der Waals surface area contributed by atoms with Crippen LogP contribution in [0.4, 0.5) is 0 Å². The Bertz CT molecular complexity index is 1140. The highest BCUT2D eigenvalue weighted by molar-refractivity contribution is 6.07. The molecule has 0 aromatic heterocycles. The maximum atomic E-state index is 13.2. The van der Waals surface area contributed by atoms with Crippen LogP contribution in [0.1, 0.15) is 24.0 Å². The lowest BCUT2D eigenvalue weighted by Gasteiger charge is -2.30. The molecule has 0 spiro atoms. The topological polar surface area (TPSA) is 58.6 Å². The van der Waals surface area contributed by atoms with Gasteiger partial charge in [0.2, 0.25) is 11.8 Å². The number of likely N-dealkylation sites (tertiary alicyclic amines) is 1. The maximum Gasteiger partial charge on any atom is 0.247 e. The lowest BCUT2D eigenvalue weighted by Crippen LogP contribution is -2.50. The van der Waals surface area contributed by atoms with Crippen molar-refractivity contribution in [2.75, 3.05) is 7.11 Å². The lowest BCUT2D eigenvalue weighted by molar-refractivity contribution is -0.140. The SMILES string of the molecule is COc1ccccc1CC1CCC2C(=O)N(Cc3cccc4ccccc34)C(=O)C2N1. The molecule has 5 rings (SSSR count). The third-order valence-electron chi connectivity index (χ3n) is 6.63. The van der Waals surface area contributed by atoms with E-state index >= 15 is 0 Å². The molecule has 0 saturated carbocycles. The van der Waals surface area contributed by atoms with Crippen LogP contribution >= 0.6 is 0 Å². The van der Waals surface area contributed by atoms with Gasteiger partial charge in [0.1, 0.15) is 5.75 Å². The van der Waals surface area contributed by atoms with Crippen molar-refractivity contribution >= 4 is 22.6 Å². The molecule has 5 heteroatoms. The molecule has 2 amide bonds. The predicted octanol–water partition coefficient (Wildman–Crippen LogP) is 3.70. The smallest absolute Gasteiger partial charge is 0.247 e. The summed E-state index contributed by atoms with van der Waals surface area (Å²) >= 11 is 0. The van der Waals surface area contributed by atoms with Gasteiger partial charge in [0.05, 0.1) is 25.6 Å². The van der Waals surface area contributed by atoms with E-state index in [4.69, 9.17) is 4.74 Å². The Morgan fingerprint density at radius 2 is 1.65 bits per heavy atom. The Hall–Kier alpha value is -3.18. The van der Waals surface area contributed by atoms with Crippen molar-refractivity contribution in [3.63, 3.8) is 0 Å². The molecule has 1 N–H and O–H groups in total. The minimum Gasteiger partial charge on any atom is -0.496 e. The van der Waals surface area contributed by atoms with Gasteiger partial charge in [-0.2, -0.15) is 0 Å². The first-order valence-electron chi connectivity index (χ1n) is 10.9. The van der Waals surface area contributed by atoms with Crippen LogP contribution in [0.15, 0.2) is 66.7 Å². The van der Waals surface area contributed by atoms with Crippen molar-refractivity contribution in [3.8, 4) is 5.75 Å². The Morgan fingerprint density at radius 1 is 0.903 bits per heavy atom. The van der Waals surface area contributed by atoms with Crippen molar-refractivity contribution in [1.29, 1.82) is 0 Å². The van der Waals surface area contributed by atoms with Crippen LogP contribution in [-0.4, -0.2) is 35.9 Å². The summed E-state index contributed by atoms with van der Waals surface area (Å²) in [6.45, 7) is 0.324. The summed E-state index contributed by atoms with van der Waals surface area (Å²) in [4.78, 5) is 27.8. The zero-order chi connectivity index (χ0) is 21.4. The fourth-order valence-electron chi connectivity index (χ4n) is 5.04. The molecule has 0 bridgehead atoms. The summed E-state index contributed by atoms with van der Waals surface area (Å²) in [6, 6.07) is 21.8. The molecule has 5 nitrogen and oxygen atoms in total. The number of hydrogen-bond donors (Lipinski definition) is 1. The summed E-state index contributed by atoms with van der Waals surface area (Å²) in [5.41, 5.74) is 2.12. The van der Waals surface area contributed by atoms with Gasteiger partial charge in [-0.1, -0.05) is 60.7 Å². The first-order valence-corrected chi connectivity index (χ1v) is 10.9. The maximum absolute atomic E-state index is 13.2. The molecule has 3 atom stereocenters. The first kappa shape index (κ1) is 19.8. The quantitative estimate of drug-likeness (QED) is 0.647. The van der Waals surface area contributed by atoms with Crippen molar-refractivity contribution in [3.05, 3.63) is 77.9 Å². The van der Waals surface area contributed by atoms with E-state index in [1.165, 1.54) is 4.90 Å². The molecule has 3 aromatic carbocycles. The normalized spacial score (nSPS) is 23.3. The summed E-state index contributed by atoms with van der Waals surface area (Å²) in [6.07, 6.45) is 2.37. The Morgan fingerprint density at radius 3 is 2.52 bits per heavy atom. The fourth-order valence-corrected chi connectivity index (χ4v) is 5.04. The molecule has 2 saturated heterocycles. The van der Waals surface area contributed by atoms with Crippen LogP contribution in [-0.2, 0) is 22.6 Å². The molecular formula is C26H26N2O3. The van der Waals surface area contributed by atoms with Gasteiger partial charge in [0.15, 0.2) is 0 Å². The Labute approximate surface area is 182 Å². The highest BCUT2D eigenvalue weighted by Crippen LogP contribution is 2.33. The number of para-hydroxylation sites is 1. The van der Waals surface area contributed by atoms with Gasteiger partial charge in [-0.25, -0.2) is 0 Å². The number of fused-ring (bicyclic) bond motifs is 2. The molecule has 3 unspecified atom stereocenters. The number of imide groups is 1. The summed E-state index contributed by atoms with van der Waals surface area (Å²) in [5.74, 6) is 0.438. The molecule has 158 valence electrons. The molecular weight excluding hydrogens is 388 g/mol. The van der Waals surface area contributed by atoms with Crippen LogP contribution < -0.4 is 10.1 Å². The second-order valence-corrected chi connectivity index (χ2v) is 8.44. The summed E-state index contributed by atoms with van der Waals surface area (Å²) in [5, 5.41) is 5.68. The van der Waals surface area contributed by atoms with Crippen LogP contribution in [0, 0.1) is 5.92 Å². The minimum atomic E-state index is -0.434. The number of rotatable bonds is 5. The lowest BCUT2D eigenvalue weighted by atomic mass is 9.87. The van der Waals surface area contributed by atoms with Gasteiger partial charge in [0, 0.05) is 6.04 Å². The number of nitrogens with one attached hydrogen (secondary N) is 1. The number of carbonyl (C=O) groups is 2. The largest absolute Gasteiger partial charge is 0.496 e. The van der Waals surface area contributed by atoms with E-state index in [-0.39, 0.29) is 23.8 Å². The van der Waals surface area contributed by atoms with Gasteiger partial charge in [-0.3, -0.25) is 14.5 Å². The van der Waals surface area contributed by atoms with E-state index in [1.54, 1.807) is 7.11 Å². The van der Waals surface area contributed by atoms with Crippen molar-refractivity contribution in [1.82, 2.24) is 10.2 Å². The number of amides is 2. The molecule has 2 aliphatic heterocycles. The third kappa shape index (κ3) is 3.59. The highest BCUT2D eigenvalue weighted by atomic mass is 16.5. The van der Waals surface area contributed by atoms with Crippen LogP contribution in [0.2, 0.25) is 0 Å². The second-order valence-electron chi connectivity index (χ2n) is 8.44. The predicted molar refractivity (Wildman–Crippen MR) is 120 cm³/mol. The fraction of sp³-hybridized carbons (Fsp3) is 0.308. The van der Waals surface area contributed by atoms with Crippen LogP contribution in [0.3, 0.4) is 0 Å². The molecule has 3 aromatic rings. The molecule has 2 aliphatic rings.